The number of hydrogen-bond donors (Lipinski definition) is 0. The maximum Gasteiger partial charge on any atom is 0.119 e. The van der Waals surface area contributed by atoms with Gasteiger partial charge in [-0.25, -0.2) is 0 Å². The summed E-state index contributed by atoms with van der Waals surface area (Å²) in [6.45, 7) is 2.84. The molecule has 4 nitrogen and oxygen atoms in total. The van der Waals surface area contributed by atoms with Crippen molar-refractivity contribution in [2.75, 3.05) is 20.2 Å². The maximum absolute atomic E-state index is 10.8. The number of aliphatic carboxylic acids is 1. The van der Waals surface area contributed by atoms with Crippen molar-refractivity contribution in [2.45, 2.75) is 25.8 Å². The molecule has 0 spiro atoms. The number of hydrogen-bond acceptors (Lipinski definition) is 4. The van der Waals surface area contributed by atoms with Gasteiger partial charge in [0.25, 0.3) is 0 Å². The SMILES string of the molecule is CC(C(=O)[O-])N(C)CCCOc1ccc(Cc2ccccc2)cc1. The molecule has 0 amide bonds. The first-order valence-corrected chi connectivity index (χ1v) is 8.23. The van der Waals surface area contributed by atoms with Crippen LogP contribution in [-0.4, -0.2) is 37.1 Å². The van der Waals surface area contributed by atoms with Crippen LogP contribution in [0.4, 0.5) is 0 Å². The van der Waals surface area contributed by atoms with Gasteiger partial charge in [0.15, 0.2) is 0 Å². The number of nitrogens with zero attached hydrogens (tertiary/aromatic N) is 1. The Morgan fingerprint density at radius 3 is 2.33 bits per heavy atom. The fraction of sp³-hybridized carbons (Fsp3) is 0.350. The summed E-state index contributed by atoms with van der Waals surface area (Å²) in [6.07, 6.45) is 1.67. The number of benzene rings is 2. The Balaban J connectivity index is 1.73. The molecule has 0 bridgehead atoms. The fourth-order valence-electron chi connectivity index (χ4n) is 2.41. The van der Waals surface area contributed by atoms with Gasteiger partial charge in [0.05, 0.1) is 12.6 Å². The molecule has 0 aromatic heterocycles. The minimum atomic E-state index is -1.05. The van der Waals surface area contributed by atoms with Gasteiger partial charge in [0, 0.05) is 12.6 Å². The molecule has 2 rings (SSSR count). The van der Waals surface area contributed by atoms with Crippen molar-refractivity contribution >= 4 is 5.97 Å². The van der Waals surface area contributed by atoms with Crippen molar-refractivity contribution < 1.29 is 14.6 Å². The van der Waals surface area contributed by atoms with E-state index in [0.29, 0.717) is 13.2 Å². The molecular weight excluding hydrogens is 302 g/mol. The summed E-state index contributed by atoms with van der Waals surface area (Å²) < 4.78 is 5.71. The number of rotatable bonds is 9. The standard InChI is InChI=1S/C20H25NO3/c1-16(20(22)23)21(2)13-6-14-24-19-11-9-18(10-12-19)15-17-7-4-3-5-8-17/h3-5,7-12,16H,6,13-15H2,1-2H3,(H,22,23)/p-1. The first kappa shape index (κ1) is 18.0. The Bertz CT molecular complexity index is 625. The number of carbonyl (C=O) groups is 1. The predicted octanol–water partition coefficient (Wildman–Crippen LogP) is 2.12. The molecule has 0 saturated carbocycles. The molecule has 2 aromatic carbocycles. The Morgan fingerprint density at radius 2 is 1.71 bits per heavy atom. The van der Waals surface area contributed by atoms with E-state index < -0.39 is 12.0 Å². The van der Waals surface area contributed by atoms with Crippen LogP contribution in [0.5, 0.6) is 5.75 Å². The third kappa shape index (κ3) is 5.70. The van der Waals surface area contributed by atoms with E-state index in [0.717, 1.165) is 18.6 Å². The van der Waals surface area contributed by atoms with Crippen molar-refractivity contribution in [1.82, 2.24) is 4.90 Å². The second-order valence-corrected chi connectivity index (χ2v) is 5.98. The zero-order valence-corrected chi connectivity index (χ0v) is 14.3. The summed E-state index contributed by atoms with van der Waals surface area (Å²) in [4.78, 5) is 12.5. The molecule has 1 unspecified atom stereocenters. The van der Waals surface area contributed by atoms with Gasteiger partial charge in [-0.15, -0.1) is 0 Å². The van der Waals surface area contributed by atoms with Crippen LogP contribution in [0.15, 0.2) is 54.6 Å². The summed E-state index contributed by atoms with van der Waals surface area (Å²) in [6, 6.07) is 17.9. The van der Waals surface area contributed by atoms with Gasteiger partial charge in [0.1, 0.15) is 5.75 Å². The van der Waals surface area contributed by atoms with E-state index in [1.807, 2.05) is 30.3 Å². The first-order valence-electron chi connectivity index (χ1n) is 8.23. The lowest BCUT2D eigenvalue weighted by Crippen LogP contribution is -2.44. The van der Waals surface area contributed by atoms with Gasteiger partial charge in [-0.2, -0.15) is 0 Å². The summed E-state index contributed by atoms with van der Waals surface area (Å²) in [5.41, 5.74) is 2.53. The average Bonchev–Trinajstić information content (AvgIpc) is 2.60. The molecule has 0 aliphatic carbocycles. The first-order chi connectivity index (χ1) is 11.6. The van der Waals surface area contributed by atoms with E-state index in [9.17, 15) is 9.90 Å². The second kappa shape index (κ2) is 9.08. The van der Waals surface area contributed by atoms with Crippen molar-refractivity contribution in [1.29, 1.82) is 0 Å². The lowest BCUT2D eigenvalue weighted by molar-refractivity contribution is -0.310. The van der Waals surface area contributed by atoms with Crippen LogP contribution in [0.3, 0.4) is 0 Å². The number of carboxylic acids is 1. The maximum atomic E-state index is 10.8. The van der Waals surface area contributed by atoms with Crippen LogP contribution in [0.1, 0.15) is 24.5 Å². The normalized spacial score (nSPS) is 12.1. The van der Waals surface area contributed by atoms with Gasteiger partial charge in [-0.05, 0) is 50.1 Å². The summed E-state index contributed by atoms with van der Waals surface area (Å²) in [5.74, 6) is -0.213. The van der Waals surface area contributed by atoms with Crippen LogP contribution >= 0.6 is 0 Å². The van der Waals surface area contributed by atoms with Crippen LogP contribution in [0.25, 0.3) is 0 Å². The Morgan fingerprint density at radius 1 is 1.08 bits per heavy atom. The molecule has 0 aliphatic rings. The van der Waals surface area contributed by atoms with Gasteiger partial charge in [-0.3, -0.25) is 4.90 Å². The van der Waals surface area contributed by atoms with Gasteiger partial charge >= 0.3 is 0 Å². The molecule has 0 saturated heterocycles. The lowest BCUT2D eigenvalue weighted by Gasteiger charge is -2.25. The highest BCUT2D eigenvalue weighted by Gasteiger charge is 2.09. The molecule has 2 aromatic rings. The fourth-order valence-corrected chi connectivity index (χ4v) is 2.41. The predicted molar refractivity (Wildman–Crippen MR) is 92.9 cm³/mol. The van der Waals surface area contributed by atoms with Gasteiger partial charge in [0.2, 0.25) is 0 Å². The van der Waals surface area contributed by atoms with Crippen LogP contribution < -0.4 is 9.84 Å². The van der Waals surface area contributed by atoms with E-state index in [1.54, 1.807) is 18.9 Å². The van der Waals surface area contributed by atoms with Gasteiger partial charge < -0.3 is 14.6 Å². The Hall–Kier alpha value is -2.33. The van der Waals surface area contributed by atoms with E-state index in [4.69, 9.17) is 4.74 Å². The molecule has 0 radical (unpaired) electrons. The van der Waals surface area contributed by atoms with Gasteiger partial charge in [-0.1, -0.05) is 42.5 Å². The van der Waals surface area contributed by atoms with E-state index in [-0.39, 0.29) is 0 Å². The Labute approximate surface area is 143 Å². The highest BCUT2D eigenvalue weighted by atomic mass is 16.5. The smallest absolute Gasteiger partial charge is 0.119 e. The third-order valence-electron chi connectivity index (χ3n) is 4.10. The summed E-state index contributed by atoms with van der Waals surface area (Å²) >= 11 is 0. The zero-order chi connectivity index (χ0) is 17.4. The average molecular weight is 326 g/mol. The van der Waals surface area contributed by atoms with E-state index in [2.05, 4.69) is 24.3 Å². The van der Waals surface area contributed by atoms with E-state index >= 15 is 0 Å². The molecular formula is C20H24NO3-. The molecule has 0 fully saturated rings. The van der Waals surface area contributed by atoms with Crippen molar-refractivity contribution in [3.05, 3.63) is 65.7 Å². The van der Waals surface area contributed by atoms with Crippen LogP contribution in [0.2, 0.25) is 0 Å². The minimum Gasteiger partial charge on any atom is -0.548 e. The topological polar surface area (TPSA) is 52.6 Å². The largest absolute Gasteiger partial charge is 0.548 e. The Kier molecular flexibility index (Phi) is 6.82. The quantitative estimate of drug-likeness (QED) is 0.662. The molecule has 4 heteroatoms. The van der Waals surface area contributed by atoms with Crippen molar-refractivity contribution in [3.63, 3.8) is 0 Å². The number of carbonyl (C=O) groups excluding carboxylic acids is 1. The molecule has 1 atom stereocenters. The summed E-state index contributed by atoms with van der Waals surface area (Å²) in [7, 11) is 1.78. The molecule has 24 heavy (non-hydrogen) atoms. The second-order valence-electron chi connectivity index (χ2n) is 5.98. The van der Waals surface area contributed by atoms with Crippen LogP contribution in [0, 0.1) is 0 Å². The molecule has 0 heterocycles. The lowest BCUT2D eigenvalue weighted by atomic mass is 10.1. The highest BCUT2D eigenvalue weighted by Crippen LogP contribution is 2.15. The van der Waals surface area contributed by atoms with E-state index in [1.165, 1.54) is 11.1 Å². The number of carboxylic acid groups (broad SMARTS) is 1. The zero-order valence-electron chi connectivity index (χ0n) is 14.3. The van der Waals surface area contributed by atoms with Crippen LogP contribution in [-0.2, 0) is 11.2 Å². The molecule has 128 valence electrons. The number of likely N-dealkylation sites (N-methyl/N-ethyl adjacent to an activating group) is 1. The minimum absolute atomic E-state index is 0.558. The van der Waals surface area contributed by atoms with Crippen molar-refractivity contribution in [3.8, 4) is 5.75 Å². The third-order valence-corrected chi connectivity index (χ3v) is 4.10. The number of ether oxygens (including phenoxy) is 1. The monoisotopic (exact) mass is 326 g/mol. The summed E-state index contributed by atoms with van der Waals surface area (Å²) in [5, 5.41) is 10.8. The van der Waals surface area contributed by atoms with Crippen molar-refractivity contribution in [2.24, 2.45) is 0 Å². The molecule has 0 aliphatic heterocycles. The molecule has 0 N–H and O–H groups in total. The highest BCUT2D eigenvalue weighted by molar-refractivity contribution is 5.70.